The molecule has 0 saturated heterocycles. The van der Waals surface area contributed by atoms with Gasteiger partial charge in [-0.2, -0.15) is 0 Å². The second-order valence-electron chi connectivity index (χ2n) is 2.90. The summed E-state index contributed by atoms with van der Waals surface area (Å²) in [6, 6.07) is 8.51. The Morgan fingerprint density at radius 2 is 1.88 bits per heavy atom. The molecule has 3 N–H and O–H groups in total. The predicted molar refractivity (Wildman–Crippen MR) is 62.1 cm³/mol. The average Bonchev–Trinajstić information content (AvgIpc) is 2.27. The molecule has 0 saturated carbocycles. The summed E-state index contributed by atoms with van der Waals surface area (Å²) < 4.78 is 0. The van der Waals surface area contributed by atoms with E-state index in [1.807, 2.05) is 0 Å². The van der Waals surface area contributed by atoms with Crippen LogP contribution in [0, 0.1) is 0 Å². The lowest BCUT2D eigenvalue weighted by Gasteiger charge is -2.07. The highest BCUT2D eigenvalue weighted by molar-refractivity contribution is 7.80. The molecule has 0 aliphatic heterocycles. The van der Waals surface area contributed by atoms with Crippen LogP contribution in [-0.4, -0.2) is 28.6 Å². The first-order chi connectivity index (χ1) is 7.59. The number of carbonyl (C=O) groups excluding carboxylic acids is 1. The molecule has 1 rings (SSSR count). The van der Waals surface area contributed by atoms with E-state index >= 15 is 0 Å². The Kier molecular flexibility index (Phi) is 4.41. The third-order valence-corrected chi connectivity index (χ3v) is 1.91. The smallest absolute Gasteiger partial charge is 0.322 e. The molecule has 0 unspecified atom stereocenters. The van der Waals surface area contributed by atoms with E-state index in [0.29, 0.717) is 5.56 Å². The number of rotatable bonds is 3. The molecule has 0 spiro atoms. The van der Waals surface area contributed by atoms with Gasteiger partial charge in [-0.1, -0.05) is 18.2 Å². The van der Waals surface area contributed by atoms with Crippen molar-refractivity contribution >= 4 is 29.2 Å². The van der Waals surface area contributed by atoms with Crippen LogP contribution in [0.2, 0.25) is 0 Å². The number of carboxylic acid groups (broad SMARTS) is 1. The number of carbonyl (C=O) groups is 2. The lowest BCUT2D eigenvalue weighted by atomic mass is 10.2. The normalized spacial score (nSPS) is 9.25. The van der Waals surface area contributed by atoms with E-state index in [-0.39, 0.29) is 17.6 Å². The molecule has 1 aromatic carbocycles. The van der Waals surface area contributed by atoms with Crippen molar-refractivity contribution in [2.45, 2.75) is 0 Å². The second kappa shape index (κ2) is 5.82. The highest BCUT2D eigenvalue weighted by Gasteiger charge is 2.07. The number of amides is 1. The van der Waals surface area contributed by atoms with E-state index in [1.54, 1.807) is 30.3 Å². The summed E-state index contributed by atoms with van der Waals surface area (Å²) in [7, 11) is 0. The summed E-state index contributed by atoms with van der Waals surface area (Å²) in [5, 5.41) is 13.1. The molecule has 0 aromatic heterocycles. The first kappa shape index (κ1) is 12.1. The first-order valence-corrected chi connectivity index (χ1v) is 4.86. The second-order valence-corrected chi connectivity index (χ2v) is 3.30. The van der Waals surface area contributed by atoms with Gasteiger partial charge in [-0.3, -0.25) is 14.9 Å². The van der Waals surface area contributed by atoms with Crippen LogP contribution in [0.3, 0.4) is 0 Å². The van der Waals surface area contributed by atoms with Crippen LogP contribution < -0.4 is 10.6 Å². The number of hydrogen-bond donors (Lipinski definition) is 3. The van der Waals surface area contributed by atoms with Crippen LogP contribution in [0.25, 0.3) is 0 Å². The monoisotopic (exact) mass is 238 g/mol. The van der Waals surface area contributed by atoms with Crippen LogP contribution in [0.4, 0.5) is 0 Å². The van der Waals surface area contributed by atoms with Crippen LogP contribution >= 0.6 is 12.2 Å². The van der Waals surface area contributed by atoms with Gasteiger partial charge in [0.25, 0.3) is 5.91 Å². The van der Waals surface area contributed by atoms with Crippen molar-refractivity contribution in [1.29, 1.82) is 0 Å². The molecule has 1 amide bonds. The van der Waals surface area contributed by atoms with Crippen molar-refractivity contribution in [1.82, 2.24) is 10.6 Å². The lowest BCUT2D eigenvalue weighted by molar-refractivity contribution is -0.135. The predicted octanol–water partition coefficient (Wildman–Crippen LogP) is 0.375. The quantitative estimate of drug-likeness (QED) is 0.663. The minimum absolute atomic E-state index is 0.00347. The summed E-state index contributed by atoms with van der Waals surface area (Å²) in [5.74, 6) is -1.42. The third-order valence-electron chi connectivity index (χ3n) is 1.66. The number of hydrogen-bond acceptors (Lipinski definition) is 3. The molecule has 0 bridgehead atoms. The Hall–Kier alpha value is -1.95. The van der Waals surface area contributed by atoms with Gasteiger partial charge in [0.15, 0.2) is 5.11 Å². The standard InChI is InChI=1S/C10H10N2O3S/c13-8(14)6-11-10(16)12-9(15)7-4-2-1-3-5-7/h1-5H,6H2,(H,13,14)(H2,11,12,15,16). The summed E-state index contributed by atoms with van der Waals surface area (Å²) in [4.78, 5) is 21.7. The van der Waals surface area contributed by atoms with E-state index in [9.17, 15) is 9.59 Å². The molecule has 84 valence electrons. The molecule has 16 heavy (non-hydrogen) atoms. The fourth-order valence-electron chi connectivity index (χ4n) is 0.965. The Labute approximate surface area is 97.5 Å². The summed E-state index contributed by atoms with van der Waals surface area (Å²) in [6.07, 6.45) is 0. The minimum atomic E-state index is -1.05. The van der Waals surface area contributed by atoms with Crippen molar-refractivity contribution in [3.63, 3.8) is 0 Å². The SMILES string of the molecule is O=C(O)CNC(=S)NC(=O)c1ccccc1. The first-order valence-electron chi connectivity index (χ1n) is 4.45. The van der Waals surface area contributed by atoms with Gasteiger partial charge in [-0.25, -0.2) is 0 Å². The fourth-order valence-corrected chi connectivity index (χ4v) is 1.13. The van der Waals surface area contributed by atoms with Gasteiger partial charge in [0.2, 0.25) is 0 Å². The average molecular weight is 238 g/mol. The third kappa shape index (κ3) is 4.05. The Morgan fingerprint density at radius 3 is 2.44 bits per heavy atom. The van der Waals surface area contributed by atoms with Crippen molar-refractivity contribution < 1.29 is 14.7 Å². The van der Waals surface area contributed by atoms with Gasteiger partial charge < -0.3 is 10.4 Å². The Balaban J connectivity index is 2.46. The van der Waals surface area contributed by atoms with Crippen LogP contribution in [-0.2, 0) is 4.79 Å². The van der Waals surface area contributed by atoms with Crippen molar-refractivity contribution in [3.05, 3.63) is 35.9 Å². The Morgan fingerprint density at radius 1 is 1.25 bits per heavy atom. The molecule has 5 nitrogen and oxygen atoms in total. The molecule has 0 aliphatic rings. The van der Waals surface area contributed by atoms with E-state index in [4.69, 9.17) is 17.3 Å². The lowest BCUT2D eigenvalue weighted by Crippen LogP contribution is -2.41. The van der Waals surface area contributed by atoms with Gasteiger partial charge in [-0.15, -0.1) is 0 Å². The number of thiocarbonyl (C=S) groups is 1. The number of aliphatic carboxylic acids is 1. The maximum absolute atomic E-state index is 11.5. The maximum atomic E-state index is 11.5. The van der Waals surface area contributed by atoms with Crippen molar-refractivity contribution in [3.8, 4) is 0 Å². The minimum Gasteiger partial charge on any atom is -0.480 e. The highest BCUT2D eigenvalue weighted by atomic mass is 32.1. The Bertz CT molecular complexity index is 406. The van der Waals surface area contributed by atoms with Crippen LogP contribution in [0.1, 0.15) is 10.4 Å². The molecule has 1 aromatic rings. The number of carboxylic acids is 1. The zero-order chi connectivity index (χ0) is 12.0. The molecule has 0 aliphatic carbocycles. The van der Waals surface area contributed by atoms with Crippen LogP contribution in [0.15, 0.2) is 30.3 Å². The van der Waals surface area contributed by atoms with Gasteiger partial charge in [0.1, 0.15) is 6.54 Å². The van der Waals surface area contributed by atoms with E-state index in [2.05, 4.69) is 10.6 Å². The zero-order valence-corrected chi connectivity index (χ0v) is 9.08. The molecule has 0 heterocycles. The van der Waals surface area contributed by atoms with Gasteiger partial charge in [0, 0.05) is 5.56 Å². The highest BCUT2D eigenvalue weighted by Crippen LogP contribution is 1.97. The van der Waals surface area contributed by atoms with Crippen LogP contribution in [0.5, 0.6) is 0 Å². The fraction of sp³-hybridized carbons (Fsp3) is 0.100. The van der Waals surface area contributed by atoms with Gasteiger partial charge >= 0.3 is 5.97 Å². The molecular formula is C10H10N2O3S. The summed E-state index contributed by atoms with van der Waals surface area (Å²) in [5.41, 5.74) is 0.460. The topological polar surface area (TPSA) is 78.4 Å². The molecule has 0 atom stereocenters. The van der Waals surface area contributed by atoms with Gasteiger partial charge in [-0.05, 0) is 24.4 Å². The number of benzene rings is 1. The van der Waals surface area contributed by atoms with Crippen molar-refractivity contribution in [2.24, 2.45) is 0 Å². The van der Waals surface area contributed by atoms with E-state index in [1.165, 1.54) is 0 Å². The number of nitrogens with one attached hydrogen (secondary N) is 2. The molecular weight excluding hydrogens is 228 g/mol. The molecule has 0 radical (unpaired) electrons. The zero-order valence-electron chi connectivity index (χ0n) is 8.27. The molecule has 0 fully saturated rings. The van der Waals surface area contributed by atoms with E-state index in [0.717, 1.165) is 0 Å². The summed E-state index contributed by atoms with van der Waals surface area (Å²) in [6.45, 7) is -0.325. The largest absolute Gasteiger partial charge is 0.480 e. The van der Waals surface area contributed by atoms with Gasteiger partial charge in [0.05, 0.1) is 0 Å². The maximum Gasteiger partial charge on any atom is 0.322 e. The summed E-state index contributed by atoms with van der Waals surface area (Å²) >= 11 is 4.74. The molecule has 6 heteroatoms. The van der Waals surface area contributed by atoms with Crippen molar-refractivity contribution in [2.75, 3.05) is 6.54 Å². The van der Waals surface area contributed by atoms with E-state index < -0.39 is 5.97 Å².